The lowest BCUT2D eigenvalue weighted by molar-refractivity contribution is 0.160. The molecule has 0 aliphatic rings. The van der Waals surface area contributed by atoms with Crippen molar-refractivity contribution in [1.29, 1.82) is 0 Å². The van der Waals surface area contributed by atoms with Crippen molar-refractivity contribution in [3.8, 4) is 0 Å². The lowest BCUT2D eigenvalue weighted by Crippen LogP contribution is -2.32. The molecule has 3 nitrogen and oxygen atoms in total. The van der Waals surface area contributed by atoms with Crippen molar-refractivity contribution in [2.45, 2.75) is 39.3 Å². The van der Waals surface area contributed by atoms with E-state index in [9.17, 15) is 0 Å². The number of methoxy groups -OCH3 is 1. The highest BCUT2D eigenvalue weighted by atomic mass is 16.5. The van der Waals surface area contributed by atoms with Crippen molar-refractivity contribution in [2.75, 3.05) is 13.7 Å². The number of hydrogen-bond acceptors (Lipinski definition) is 3. The van der Waals surface area contributed by atoms with E-state index in [4.69, 9.17) is 9.15 Å². The number of rotatable bonds is 7. The molecule has 0 amide bonds. The maximum Gasteiger partial charge on any atom is 0.120 e. The van der Waals surface area contributed by atoms with E-state index in [-0.39, 0.29) is 0 Å². The van der Waals surface area contributed by atoms with E-state index in [1.165, 1.54) is 5.56 Å². The number of ether oxygens (including phenoxy) is 1. The molecule has 0 bridgehead atoms. The minimum atomic E-state index is 0.421. The van der Waals surface area contributed by atoms with Crippen molar-refractivity contribution in [3.05, 3.63) is 23.7 Å². The molecular weight excluding hydrogens is 190 g/mol. The molecule has 3 heteroatoms. The Morgan fingerprint density at radius 2 is 2.33 bits per heavy atom. The summed E-state index contributed by atoms with van der Waals surface area (Å²) in [5, 5.41) is 3.45. The zero-order valence-corrected chi connectivity index (χ0v) is 9.88. The molecule has 15 heavy (non-hydrogen) atoms. The van der Waals surface area contributed by atoms with Crippen molar-refractivity contribution in [3.63, 3.8) is 0 Å². The van der Waals surface area contributed by atoms with E-state index in [1.54, 1.807) is 13.4 Å². The molecule has 1 N–H and O–H groups in total. The van der Waals surface area contributed by atoms with Crippen LogP contribution >= 0.6 is 0 Å². The predicted molar refractivity (Wildman–Crippen MR) is 60.9 cm³/mol. The summed E-state index contributed by atoms with van der Waals surface area (Å²) in [7, 11) is 1.74. The number of nitrogens with one attached hydrogen (secondary N) is 1. The first kappa shape index (κ1) is 12.3. The molecule has 1 aromatic heterocycles. The van der Waals surface area contributed by atoms with E-state index in [0.717, 1.165) is 31.8 Å². The molecule has 1 heterocycles. The second kappa shape index (κ2) is 6.64. The minimum Gasteiger partial charge on any atom is -0.468 e. The predicted octanol–water partition coefficient (Wildman–Crippen LogP) is 2.49. The van der Waals surface area contributed by atoms with Crippen LogP contribution in [-0.4, -0.2) is 19.8 Å². The average Bonchev–Trinajstić information content (AvgIpc) is 2.61. The van der Waals surface area contributed by atoms with Gasteiger partial charge in [0.1, 0.15) is 5.76 Å². The highest BCUT2D eigenvalue weighted by Gasteiger charge is 2.08. The molecule has 1 unspecified atom stereocenters. The van der Waals surface area contributed by atoms with Gasteiger partial charge in [-0.3, -0.25) is 0 Å². The van der Waals surface area contributed by atoms with Gasteiger partial charge in [0.15, 0.2) is 0 Å². The van der Waals surface area contributed by atoms with Crippen molar-refractivity contribution in [1.82, 2.24) is 5.32 Å². The normalized spacial score (nSPS) is 13.0. The van der Waals surface area contributed by atoms with Crippen LogP contribution in [0.25, 0.3) is 0 Å². The molecule has 0 aromatic carbocycles. The lowest BCUT2D eigenvalue weighted by atomic mass is 10.1. The molecular formula is C12H21NO2. The van der Waals surface area contributed by atoms with Crippen molar-refractivity contribution >= 4 is 0 Å². The number of furan rings is 1. The lowest BCUT2D eigenvalue weighted by Gasteiger charge is -2.16. The molecule has 0 saturated heterocycles. The van der Waals surface area contributed by atoms with E-state index < -0.39 is 0 Å². The van der Waals surface area contributed by atoms with Gasteiger partial charge in [-0.05, 0) is 25.0 Å². The molecule has 0 aliphatic heterocycles. The monoisotopic (exact) mass is 211 g/mol. The number of aryl methyl sites for hydroxylation is 1. The molecule has 0 saturated carbocycles. The highest BCUT2D eigenvalue weighted by molar-refractivity contribution is 5.14. The Morgan fingerprint density at radius 1 is 1.53 bits per heavy atom. The van der Waals surface area contributed by atoms with E-state index >= 15 is 0 Å². The van der Waals surface area contributed by atoms with Crippen LogP contribution in [0.5, 0.6) is 0 Å². The van der Waals surface area contributed by atoms with Gasteiger partial charge in [-0.15, -0.1) is 0 Å². The highest BCUT2D eigenvalue weighted by Crippen LogP contribution is 2.09. The Bertz CT molecular complexity index is 264. The first-order chi connectivity index (χ1) is 7.27. The second-order valence-electron chi connectivity index (χ2n) is 3.85. The van der Waals surface area contributed by atoms with Crippen LogP contribution < -0.4 is 5.32 Å². The third-order valence-corrected chi connectivity index (χ3v) is 2.52. The van der Waals surface area contributed by atoms with Gasteiger partial charge in [0, 0.05) is 13.2 Å². The van der Waals surface area contributed by atoms with Crippen LogP contribution in [0.3, 0.4) is 0 Å². The molecule has 0 aliphatic carbocycles. The topological polar surface area (TPSA) is 34.4 Å². The largest absolute Gasteiger partial charge is 0.468 e. The SMILES string of the molecule is CCCC(COC)NCc1occc1C. The summed E-state index contributed by atoms with van der Waals surface area (Å²) in [6, 6.07) is 2.41. The third kappa shape index (κ3) is 4.06. The zero-order chi connectivity index (χ0) is 11.1. The molecule has 86 valence electrons. The number of hydrogen-bond donors (Lipinski definition) is 1. The summed E-state index contributed by atoms with van der Waals surface area (Å²) in [6.45, 7) is 5.79. The maximum atomic E-state index is 5.37. The summed E-state index contributed by atoms with van der Waals surface area (Å²) in [6.07, 6.45) is 4.03. The molecule has 0 spiro atoms. The average molecular weight is 211 g/mol. The van der Waals surface area contributed by atoms with Crippen LogP contribution in [0.1, 0.15) is 31.1 Å². The van der Waals surface area contributed by atoms with E-state index in [0.29, 0.717) is 6.04 Å². The van der Waals surface area contributed by atoms with Crippen LogP contribution in [-0.2, 0) is 11.3 Å². The standard InChI is InChI=1S/C12H21NO2/c1-4-5-11(9-14-3)13-8-12-10(2)6-7-15-12/h6-7,11,13H,4-5,8-9H2,1-3H3. The zero-order valence-electron chi connectivity index (χ0n) is 9.88. The summed E-state index contributed by atoms with van der Waals surface area (Å²) < 4.78 is 10.5. The molecule has 0 radical (unpaired) electrons. The van der Waals surface area contributed by atoms with Gasteiger partial charge in [0.2, 0.25) is 0 Å². The Balaban J connectivity index is 2.36. The fourth-order valence-corrected chi connectivity index (χ4v) is 1.62. The Kier molecular flexibility index (Phi) is 5.43. The van der Waals surface area contributed by atoms with Gasteiger partial charge in [-0.2, -0.15) is 0 Å². The van der Waals surface area contributed by atoms with Gasteiger partial charge in [0.05, 0.1) is 19.4 Å². The fourth-order valence-electron chi connectivity index (χ4n) is 1.62. The van der Waals surface area contributed by atoms with Gasteiger partial charge >= 0.3 is 0 Å². The van der Waals surface area contributed by atoms with Crippen molar-refractivity contribution in [2.24, 2.45) is 0 Å². The van der Waals surface area contributed by atoms with E-state index in [1.807, 2.05) is 6.07 Å². The first-order valence-electron chi connectivity index (χ1n) is 5.53. The first-order valence-corrected chi connectivity index (χ1v) is 5.53. The third-order valence-electron chi connectivity index (χ3n) is 2.52. The van der Waals surface area contributed by atoms with Gasteiger partial charge < -0.3 is 14.5 Å². The summed E-state index contributed by atoms with van der Waals surface area (Å²) in [5.74, 6) is 1.02. The second-order valence-corrected chi connectivity index (χ2v) is 3.85. The van der Waals surface area contributed by atoms with Crippen LogP contribution in [0.15, 0.2) is 16.7 Å². The molecule has 1 rings (SSSR count). The summed E-state index contributed by atoms with van der Waals surface area (Å²) in [5.41, 5.74) is 1.20. The quantitative estimate of drug-likeness (QED) is 0.752. The Morgan fingerprint density at radius 3 is 2.87 bits per heavy atom. The van der Waals surface area contributed by atoms with Crippen LogP contribution in [0.4, 0.5) is 0 Å². The van der Waals surface area contributed by atoms with Crippen LogP contribution in [0.2, 0.25) is 0 Å². The van der Waals surface area contributed by atoms with E-state index in [2.05, 4.69) is 19.2 Å². The minimum absolute atomic E-state index is 0.421. The Labute approximate surface area is 91.8 Å². The van der Waals surface area contributed by atoms with Gasteiger partial charge in [-0.1, -0.05) is 13.3 Å². The molecule has 1 aromatic rings. The molecule has 1 atom stereocenters. The summed E-state index contributed by atoms with van der Waals surface area (Å²) in [4.78, 5) is 0. The van der Waals surface area contributed by atoms with Crippen molar-refractivity contribution < 1.29 is 9.15 Å². The summed E-state index contributed by atoms with van der Waals surface area (Å²) >= 11 is 0. The smallest absolute Gasteiger partial charge is 0.120 e. The Hall–Kier alpha value is -0.800. The van der Waals surface area contributed by atoms with Gasteiger partial charge in [0.25, 0.3) is 0 Å². The maximum absolute atomic E-state index is 5.37. The molecule has 0 fully saturated rings. The van der Waals surface area contributed by atoms with Crippen LogP contribution in [0, 0.1) is 6.92 Å². The van der Waals surface area contributed by atoms with Gasteiger partial charge in [-0.25, -0.2) is 0 Å². The fraction of sp³-hybridized carbons (Fsp3) is 0.667.